The van der Waals surface area contributed by atoms with E-state index in [1.54, 1.807) is 6.26 Å². The van der Waals surface area contributed by atoms with Crippen molar-refractivity contribution in [2.45, 2.75) is 27.4 Å². The van der Waals surface area contributed by atoms with Crippen molar-refractivity contribution in [3.05, 3.63) is 48.4 Å². The molecule has 0 aliphatic carbocycles. The maximum absolute atomic E-state index is 11.7. The standard InChI is InChI=1S/C16H18O3/c1-16(2,3)15(17)19-11-14-9-13(10-18-14)12-7-5-4-6-8-12/h4-10H,11H2,1-3H3. The van der Waals surface area contributed by atoms with E-state index in [2.05, 4.69) is 0 Å². The van der Waals surface area contributed by atoms with Crippen molar-refractivity contribution < 1.29 is 13.9 Å². The summed E-state index contributed by atoms with van der Waals surface area (Å²) in [6, 6.07) is 11.8. The summed E-state index contributed by atoms with van der Waals surface area (Å²) in [5.41, 5.74) is 1.58. The van der Waals surface area contributed by atoms with Crippen molar-refractivity contribution >= 4 is 5.97 Å². The summed E-state index contributed by atoms with van der Waals surface area (Å²) in [5.74, 6) is 0.418. The molecule has 1 aromatic carbocycles. The van der Waals surface area contributed by atoms with Gasteiger partial charge in [0.05, 0.1) is 11.7 Å². The van der Waals surface area contributed by atoms with Crippen LogP contribution in [0.4, 0.5) is 0 Å². The van der Waals surface area contributed by atoms with E-state index in [9.17, 15) is 4.79 Å². The van der Waals surface area contributed by atoms with Gasteiger partial charge in [0, 0.05) is 5.56 Å². The highest BCUT2D eigenvalue weighted by Gasteiger charge is 2.23. The minimum absolute atomic E-state index is 0.170. The molecule has 3 nitrogen and oxygen atoms in total. The Morgan fingerprint density at radius 2 is 1.84 bits per heavy atom. The third-order valence-electron chi connectivity index (χ3n) is 2.72. The lowest BCUT2D eigenvalue weighted by atomic mass is 9.97. The molecule has 0 unspecified atom stereocenters. The quantitative estimate of drug-likeness (QED) is 0.780. The number of benzene rings is 1. The Labute approximate surface area is 113 Å². The second-order valence-corrected chi connectivity index (χ2v) is 5.49. The Morgan fingerprint density at radius 3 is 2.47 bits per heavy atom. The minimum atomic E-state index is -0.491. The highest BCUT2D eigenvalue weighted by atomic mass is 16.5. The van der Waals surface area contributed by atoms with Crippen LogP contribution in [0, 0.1) is 5.41 Å². The summed E-state index contributed by atoms with van der Waals surface area (Å²) in [5, 5.41) is 0. The minimum Gasteiger partial charge on any atom is -0.465 e. The molecule has 0 aliphatic rings. The van der Waals surface area contributed by atoms with E-state index in [4.69, 9.17) is 9.15 Å². The van der Waals surface area contributed by atoms with Crippen molar-refractivity contribution in [2.24, 2.45) is 5.41 Å². The van der Waals surface area contributed by atoms with Crippen molar-refractivity contribution in [3.8, 4) is 11.1 Å². The van der Waals surface area contributed by atoms with Crippen LogP contribution in [0.1, 0.15) is 26.5 Å². The van der Waals surface area contributed by atoms with Gasteiger partial charge in [-0.3, -0.25) is 4.79 Å². The van der Waals surface area contributed by atoms with Crippen LogP contribution in [0.15, 0.2) is 47.1 Å². The largest absolute Gasteiger partial charge is 0.465 e. The normalized spacial score (nSPS) is 11.3. The van der Waals surface area contributed by atoms with E-state index >= 15 is 0 Å². The van der Waals surface area contributed by atoms with Crippen molar-refractivity contribution in [3.63, 3.8) is 0 Å². The summed E-state index contributed by atoms with van der Waals surface area (Å²) in [7, 11) is 0. The zero-order chi connectivity index (χ0) is 13.9. The highest BCUT2D eigenvalue weighted by molar-refractivity contribution is 5.75. The summed E-state index contributed by atoms with van der Waals surface area (Å²) in [6.07, 6.45) is 1.68. The number of carbonyl (C=O) groups excluding carboxylic acids is 1. The summed E-state index contributed by atoms with van der Waals surface area (Å²) >= 11 is 0. The van der Waals surface area contributed by atoms with Crippen molar-refractivity contribution in [2.75, 3.05) is 0 Å². The van der Waals surface area contributed by atoms with Crippen molar-refractivity contribution in [1.82, 2.24) is 0 Å². The summed E-state index contributed by atoms with van der Waals surface area (Å²) in [4.78, 5) is 11.7. The van der Waals surface area contributed by atoms with Gasteiger partial charge in [0.1, 0.15) is 12.4 Å². The lowest BCUT2D eigenvalue weighted by Gasteiger charge is -2.15. The van der Waals surface area contributed by atoms with Gasteiger partial charge in [-0.15, -0.1) is 0 Å². The Hall–Kier alpha value is -2.03. The van der Waals surface area contributed by atoms with Crippen LogP contribution >= 0.6 is 0 Å². The van der Waals surface area contributed by atoms with Crippen molar-refractivity contribution in [1.29, 1.82) is 0 Å². The van der Waals surface area contributed by atoms with Gasteiger partial charge < -0.3 is 9.15 Å². The molecule has 1 heterocycles. The van der Waals surface area contributed by atoms with Gasteiger partial charge in [-0.1, -0.05) is 30.3 Å². The predicted octanol–water partition coefficient (Wildman–Crippen LogP) is 4.04. The third-order valence-corrected chi connectivity index (χ3v) is 2.72. The number of hydrogen-bond donors (Lipinski definition) is 0. The molecule has 1 aromatic heterocycles. The summed E-state index contributed by atoms with van der Waals surface area (Å²) < 4.78 is 10.6. The van der Waals surface area contributed by atoms with Crippen LogP contribution in [-0.2, 0) is 16.1 Å². The summed E-state index contributed by atoms with van der Waals surface area (Å²) in [6.45, 7) is 5.65. The number of esters is 1. The number of ether oxygens (including phenoxy) is 1. The fourth-order valence-electron chi connectivity index (χ4n) is 1.59. The molecule has 0 amide bonds. The van der Waals surface area contributed by atoms with E-state index in [0.29, 0.717) is 5.76 Å². The number of furan rings is 1. The molecule has 3 heteroatoms. The van der Waals surface area contributed by atoms with Gasteiger partial charge in [-0.2, -0.15) is 0 Å². The first-order valence-corrected chi connectivity index (χ1v) is 6.27. The molecule has 0 saturated carbocycles. The lowest BCUT2D eigenvalue weighted by molar-refractivity contribution is -0.154. The van der Waals surface area contributed by atoms with Crippen LogP contribution in [0.3, 0.4) is 0 Å². The fraction of sp³-hybridized carbons (Fsp3) is 0.312. The van der Waals surface area contributed by atoms with E-state index in [1.165, 1.54) is 0 Å². The molecule has 0 spiro atoms. The smallest absolute Gasteiger partial charge is 0.311 e. The van der Waals surface area contributed by atoms with Gasteiger partial charge in [-0.05, 0) is 32.4 Å². The number of hydrogen-bond acceptors (Lipinski definition) is 3. The average Bonchev–Trinajstić information content (AvgIpc) is 2.84. The molecule has 0 aliphatic heterocycles. The first-order valence-electron chi connectivity index (χ1n) is 6.27. The van der Waals surface area contributed by atoms with Crippen LogP contribution < -0.4 is 0 Å². The third kappa shape index (κ3) is 3.47. The maximum atomic E-state index is 11.7. The molecule has 0 atom stereocenters. The average molecular weight is 258 g/mol. The molecule has 0 fully saturated rings. The highest BCUT2D eigenvalue weighted by Crippen LogP contribution is 2.23. The van der Waals surface area contributed by atoms with E-state index in [0.717, 1.165) is 11.1 Å². The van der Waals surface area contributed by atoms with Gasteiger partial charge in [0.25, 0.3) is 0 Å². The van der Waals surface area contributed by atoms with Gasteiger partial charge >= 0.3 is 5.97 Å². The molecule has 0 radical (unpaired) electrons. The van der Waals surface area contributed by atoms with E-state index in [-0.39, 0.29) is 12.6 Å². The molecular formula is C16H18O3. The van der Waals surface area contributed by atoms with Crippen LogP contribution in [-0.4, -0.2) is 5.97 Å². The van der Waals surface area contributed by atoms with E-state index < -0.39 is 5.41 Å². The number of carbonyl (C=O) groups is 1. The molecule has 100 valence electrons. The van der Waals surface area contributed by atoms with Crippen LogP contribution in [0.5, 0.6) is 0 Å². The molecule has 0 saturated heterocycles. The van der Waals surface area contributed by atoms with Crippen LogP contribution in [0.2, 0.25) is 0 Å². The Morgan fingerprint density at radius 1 is 1.16 bits per heavy atom. The predicted molar refractivity (Wildman–Crippen MR) is 73.4 cm³/mol. The fourth-order valence-corrected chi connectivity index (χ4v) is 1.59. The molecule has 2 aromatic rings. The Balaban J connectivity index is 2.01. The molecule has 2 rings (SSSR count). The first-order chi connectivity index (χ1) is 8.97. The van der Waals surface area contributed by atoms with Crippen LogP contribution in [0.25, 0.3) is 11.1 Å². The zero-order valence-electron chi connectivity index (χ0n) is 11.5. The monoisotopic (exact) mass is 258 g/mol. The van der Waals surface area contributed by atoms with Gasteiger partial charge in [0.15, 0.2) is 0 Å². The SMILES string of the molecule is CC(C)(C)C(=O)OCc1cc(-c2ccccc2)co1. The number of rotatable bonds is 3. The van der Waals surface area contributed by atoms with E-state index in [1.807, 2.05) is 57.2 Å². The topological polar surface area (TPSA) is 39.4 Å². The lowest BCUT2D eigenvalue weighted by Crippen LogP contribution is -2.22. The van der Waals surface area contributed by atoms with Gasteiger partial charge in [-0.25, -0.2) is 0 Å². The molecule has 0 bridgehead atoms. The Bertz CT molecular complexity index is 547. The second-order valence-electron chi connectivity index (χ2n) is 5.49. The van der Waals surface area contributed by atoms with Gasteiger partial charge in [0.2, 0.25) is 0 Å². The molecule has 0 N–H and O–H groups in total. The zero-order valence-corrected chi connectivity index (χ0v) is 11.5. The maximum Gasteiger partial charge on any atom is 0.311 e. The first kappa shape index (κ1) is 13.4. The molecular weight excluding hydrogens is 240 g/mol. The second kappa shape index (κ2) is 5.31. The Kier molecular flexibility index (Phi) is 3.74. The molecule has 19 heavy (non-hydrogen) atoms.